The van der Waals surface area contributed by atoms with E-state index in [1.165, 1.54) is 0 Å². The van der Waals surface area contributed by atoms with Gasteiger partial charge in [0.05, 0.1) is 0 Å². The molecule has 0 atom stereocenters. The molecule has 0 rings (SSSR count). The summed E-state index contributed by atoms with van der Waals surface area (Å²) in [6.07, 6.45) is -0.167. The molecule has 0 aliphatic rings. The van der Waals surface area contributed by atoms with Crippen molar-refractivity contribution in [3.05, 3.63) is 20.2 Å². The third-order valence-electron chi connectivity index (χ3n) is 1.28. The smallest absolute Gasteiger partial charge is 0.394 e. The van der Waals surface area contributed by atoms with Gasteiger partial charge in [-0.2, -0.15) is 0 Å². The summed E-state index contributed by atoms with van der Waals surface area (Å²) < 4.78 is 21.7. The Balaban J connectivity index is -0.0000000655. The van der Waals surface area contributed by atoms with Gasteiger partial charge in [0, 0.05) is 32.5 Å². The van der Waals surface area contributed by atoms with Crippen LogP contribution in [0.4, 0.5) is 0 Å². The van der Waals surface area contributed by atoms with Crippen LogP contribution in [0.1, 0.15) is 41.5 Å². The van der Waals surface area contributed by atoms with Crippen molar-refractivity contribution in [1.29, 1.82) is 0 Å². The van der Waals surface area contributed by atoms with Gasteiger partial charge < -0.3 is 33.2 Å². The molecule has 0 fully saturated rings. The van der Waals surface area contributed by atoms with Crippen molar-refractivity contribution in [3.63, 3.8) is 0 Å². The van der Waals surface area contributed by atoms with Crippen molar-refractivity contribution in [1.82, 2.24) is 0 Å². The molecule has 0 spiro atoms. The van der Waals surface area contributed by atoms with Gasteiger partial charge in [-0.3, -0.25) is 0 Å². The Bertz CT molecular complexity index is 268. The average Bonchev–Trinajstić information content (AvgIpc) is 2.37. The fraction of sp³-hybridized carbons (Fsp3) is 1.00. The van der Waals surface area contributed by atoms with E-state index in [2.05, 4.69) is 0 Å². The molecule has 3 N–H and O–H groups in total. The maximum absolute atomic E-state index is 8.36. The quantitative estimate of drug-likeness (QED) is 0.268. The zero-order chi connectivity index (χ0) is 20.9. The van der Waals surface area contributed by atoms with E-state index in [1.54, 1.807) is 13.8 Å². The SMILES string of the molecule is CC(C)O.CCO[Si](OCC)(OCC)OCC.O=[N+]([O-])O.O=[N+]([O-])O.[Al+3].[Mg+2]. The summed E-state index contributed by atoms with van der Waals surface area (Å²) in [7, 11) is -2.80. The summed E-state index contributed by atoms with van der Waals surface area (Å²) in [6.45, 7) is 13.2. The minimum atomic E-state index is -2.80. The van der Waals surface area contributed by atoms with Crippen LogP contribution >= 0.6 is 0 Å². The van der Waals surface area contributed by atoms with Crippen LogP contribution in [-0.2, 0) is 17.7 Å². The van der Waals surface area contributed by atoms with Crippen molar-refractivity contribution in [3.8, 4) is 0 Å². The molecule has 0 saturated heterocycles. The topological polar surface area (TPSA) is 184 Å². The Morgan fingerprint density at radius 3 is 1.00 bits per heavy atom. The summed E-state index contributed by atoms with van der Waals surface area (Å²) >= 11 is 0. The predicted molar refractivity (Wildman–Crippen MR) is 98.7 cm³/mol. The van der Waals surface area contributed by atoms with E-state index in [0.717, 1.165) is 0 Å². The summed E-state index contributed by atoms with van der Waals surface area (Å²) in [5.74, 6) is 0. The Hall–Kier alpha value is -0.284. The van der Waals surface area contributed by atoms with Crippen molar-refractivity contribution in [2.24, 2.45) is 0 Å². The van der Waals surface area contributed by atoms with Crippen molar-refractivity contribution in [2.45, 2.75) is 47.6 Å². The van der Waals surface area contributed by atoms with Crippen LogP contribution < -0.4 is 0 Å². The third-order valence-corrected chi connectivity index (χ3v) is 3.85. The second-order valence-electron chi connectivity index (χ2n) is 3.80. The molecule has 154 valence electrons. The van der Waals surface area contributed by atoms with Crippen LogP contribution in [0.5, 0.6) is 0 Å². The maximum Gasteiger partial charge on any atom is 3.00 e. The molecule has 0 radical (unpaired) electrons. The first-order valence-electron chi connectivity index (χ1n) is 7.34. The summed E-state index contributed by atoms with van der Waals surface area (Å²) in [4.78, 5) is 16.7. The molecule has 0 aromatic heterocycles. The number of aliphatic hydroxyl groups excluding tert-OH is 1. The Morgan fingerprint density at radius 1 is 0.815 bits per heavy atom. The zero-order valence-electron chi connectivity index (χ0n) is 16.7. The van der Waals surface area contributed by atoms with Crippen LogP contribution in [0.2, 0.25) is 0 Å². The molecule has 0 saturated carbocycles. The first-order chi connectivity index (χ1) is 11.4. The molecule has 0 bridgehead atoms. The molecular formula is C11H30AlMgN2O11Si+5. The molecule has 0 heterocycles. The number of rotatable bonds is 8. The molecule has 0 aromatic rings. The van der Waals surface area contributed by atoms with E-state index < -0.39 is 19.2 Å². The summed E-state index contributed by atoms with van der Waals surface area (Å²) in [5, 5.41) is 35.3. The zero-order valence-corrected chi connectivity index (χ0v) is 20.3. The first kappa shape index (κ1) is 41.2. The van der Waals surface area contributed by atoms with Crippen LogP contribution in [0.25, 0.3) is 0 Å². The van der Waals surface area contributed by atoms with Gasteiger partial charge in [-0.05, 0) is 41.5 Å². The van der Waals surface area contributed by atoms with Gasteiger partial charge in [0.25, 0.3) is 10.2 Å². The van der Waals surface area contributed by atoms with E-state index in [9.17, 15) is 0 Å². The largest absolute Gasteiger partial charge is 3.00 e. The van der Waals surface area contributed by atoms with Gasteiger partial charge in [0.1, 0.15) is 0 Å². The first-order valence-corrected chi connectivity index (χ1v) is 8.98. The molecule has 0 aromatic carbocycles. The molecule has 0 unspecified atom stereocenters. The van der Waals surface area contributed by atoms with Gasteiger partial charge in [-0.25, -0.2) is 0 Å². The van der Waals surface area contributed by atoms with Crippen LogP contribution in [0.3, 0.4) is 0 Å². The van der Waals surface area contributed by atoms with Gasteiger partial charge in [0.2, 0.25) is 0 Å². The van der Waals surface area contributed by atoms with Crippen molar-refractivity contribution < 1.29 is 43.4 Å². The number of nitrogens with zero attached hydrogens (tertiary/aromatic N) is 2. The summed E-state index contributed by atoms with van der Waals surface area (Å²) in [5.41, 5.74) is 0. The van der Waals surface area contributed by atoms with Gasteiger partial charge in [-0.15, -0.1) is 20.2 Å². The third kappa shape index (κ3) is 58.6. The number of aliphatic hydroxyl groups is 1. The number of hydrogen-bond donors (Lipinski definition) is 3. The van der Waals surface area contributed by atoms with Crippen LogP contribution in [-0.4, -0.2) is 108 Å². The van der Waals surface area contributed by atoms with E-state index in [4.69, 9.17) is 53.5 Å². The average molecular weight is 446 g/mol. The van der Waals surface area contributed by atoms with E-state index in [0.29, 0.717) is 26.4 Å². The van der Waals surface area contributed by atoms with Crippen molar-refractivity contribution >= 4 is 49.5 Å². The van der Waals surface area contributed by atoms with Gasteiger partial charge in [0.15, 0.2) is 0 Å². The Kier molecular flexibility index (Phi) is 46.4. The molecule has 0 aliphatic heterocycles. The molecular weight excluding hydrogens is 415 g/mol. The predicted octanol–water partition coefficient (Wildman–Crippen LogP) is 0.498. The maximum atomic E-state index is 8.36. The second-order valence-corrected chi connectivity index (χ2v) is 5.96. The molecule has 0 amide bonds. The molecule has 13 nitrogen and oxygen atoms in total. The Labute approximate surface area is 186 Å². The monoisotopic (exact) mass is 445 g/mol. The van der Waals surface area contributed by atoms with Crippen LogP contribution in [0.15, 0.2) is 0 Å². The van der Waals surface area contributed by atoms with E-state index in [-0.39, 0.29) is 46.5 Å². The molecule has 27 heavy (non-hydrogen) atoms. The van der Waals surface area contributed by atoms with Gasteiger partial charge in [-0.1, -0.05) is 0 Å². The standard InChI is InChI=1S/C8H20O4Si.C3H8O.Al.Mg.2HNO3/c1-5-9-13(10-6-2,11-7-3)12-8-4;1-3(2)4;;;2*2-1(3)4/h5-8H2,1-4H3;3-4H,1-2H3;;;2*(H,2,3,4)/q;;+3;+2;;. The van der Waals surface area contributed by atoms with E-state index >= 15 is 0 Å². The van der Waals surface area contributed by atoms with Gasteiger partial charge >= 0.3 is 49.5 Å². The van der Waals surface area contributed by atoms with Crippen LogP contribution in [0, 0.1) is 20.2 Å². The Morgan fingerprint density at radius 2 is 0.926 bits per heavy atom. The molecule has 0 aliphatic carbocycles. The fourth-order valence-corrected chi connectivity index (χ4v) is 2.87. The molecule has 16 heteroatoms. The second kappa shape index (κ2) is 30.4. The van der Waals surface area contributed by atoms with E-state index in [1.807, 2.05) is 27.7 Å². The summed E-state index contributed by atoms with van der Waals surface area (Å²) in [6, 6.07) is 0. The number of hydrogen-bond acceptors (Lipinski definition) is 9. The fourth-order valence-electron chi connectivity index (χ4n) is 0.957. The normalized spacial score (nSPS) is 8.89. The van der Waals surface area contributed by atoms with Crippen molar-refractivity contribution in [2.75, 3.05) is 26.4 Å². The minimum absolute atomic E-state index is 0. The minimum Gasteiger partial charge on any atom is -0.394 e.